The van der Waals surface area contributed by atoms with E-state index in [0.29, 0.717) is 12.1 Å². The summed E-state index contributed by atoms with van der Waals surface area (Å²) in [6, 6.07) is 4.14. The monoisotopic (exact) mass is 356 g/mol. The number of nitro groups is 1. The van der Waals surface area contributed by atoms with Gasteiger partial charge in [0.15, 0.2) is 5.75 Å². The lowest BCUT2D eigenvalue weighted by atomic mass is 10.0. The molecule has 1 aromatic rings. The van der Waals surface area contributed by atoms with Crippen LogP contribution in [-0.2, 0) is 0 Å². The van der Waals surface area contributed by atoms with Crippen LogP contribution in [0.1, 0.15) is 29.6 Å². The van der Waals surface area contributed by atoms with E-state index in [-0.39, 0.29) is 22.8 Å². The highest BCUT2D eigenvalue weighted by atomic mass is 79.9. The maximum absolute atomic E-state index is 12.1. The standard InChI is InChI=1S/C14H17BrN2O4/c1-21-12-8-10(2-3-11(12)17(19)20)13(18)16-9-14(4-5-14)6-7-15/h2-3,8H,4-7,9H2,1H3,(H,16,18). The van der Waals surface area contributed by atoms with Crippen LogP contribution in [-0.4, -0.2) is 29.8 Å². The van der Waals surface area contributed by atoms with Crippen LogP contribution in [0.15, 0.2) is 18.2 Å². The van der Waals surface area contributed by atoms with Crippen LogP contribution in [0.4, 0.5) is 5.69 Å². The number of ether oxygens (including phenoxy) is 1. The van der Waals surface area contributed by atoms with Crippen LogP contribution in [0.5, 0.6) is 5.75 Å². The SMILES string of the molecule is COc1cc(C(=O)NCC2(CCBr)CC2)ccc1[N+](=O)[O-]. The summed E-state index contributed by atoms with van der Waals surface area (Å²) in [5.41, 5.74) is 0.448. The third kappa shape index (κ3) is 3.72. The lowest BCUT2D eigenvalue weighted by Gasteiger charge is -2.14. The molecule has 1 amide bonds. The Kier molecular flexibility index (Phi) is 4.82. The van der Waals surface area contributed by atoms with Crippen molar-refractivity contribution in [3.63, 3.8) is 0 Å². The molecule has 1 saturated carbocycles. The average molecular weight is 357 g/mol. The Hall–Kier alpha value is -1.63. The van der Waals surface area contributed by atoms with E-state index in [1.807, 2.05) is 0 Å². The van der Waals surface area contributed by atoms with Gasteiger partial charge in [-0.05, 0) is 30.7 Å². The zero-order valence-electron chi connectivity index (χ0n) is 11.7. The first-order chi connectivity index (χ1) is 10.0. The molecule has 2 rings (SSSR count). The normalized spacial score (nSPS) is 15.3. The van der Waals surface area contributed by atoms with Gasteiger partial charge in [0.05, 0.1) is 12.0 Å². The maximum Gasteiger partial charge on any atom is 0.310 e. The number of nitrogens with zero attached hydrogens (tertiary/aromatic N) is 1. The molecule has 0 saturated heterocycles. The quantitative estimate of drug-likeness (QED) is 0.462. The van der Waals surface area contributed by atoms with Crippen molar-refractivity contribution < 1.29 is 14.5 Å². The second kappa shape index (κ2) is 6.43. The minimum absolute atomic E-state index is 0.0919. The number of halogens is 1. The van der Waals surface area contributed by atoms with Gasteiger partial charge >= 0.3 is 5.69 Å². The first-order valence-corrected chi connectivity index (χ1v) is 7.80. The van der Waals surface area contributed by atoms with E-state index in [4.69, 9.17) is 4.74 Å². The Morgan fingerprint density at radius 1 is 1.52 bits per heavy atom. The number of alkyl halides is 1. The van der Waals surface area contributed by atoms with E-state index in [9.17, 15) is 14.9 Å². The van der Waals surface area contributed by atoms with Gasteiger partial charge in [-0.15, -0.1) is 0 Å². The van der Waals surface area contributed by atoms with Crippen molar-refractivity contribution in [1.82, 2.24) is 5.32 Å². The van der Waals surface area contributed by atoms with Crippen molar-refractivity contribution in [3.05, 3.63) is 33.9 Å². The summed E-state index contributed by atoms with van der Waals surface area (Å²) in [4.78, 5) is 22.4. The van der Waals surface area contributed by atoms with E-state index in [0.717, 1.165) is 24.6 Å². The summed E-state index contributed by atoms with van der Waals surface area (Å²) in [6.07, 6.45) is 3.29. The Morgan fingerprint density at radius 2 is 2.24 bits per heavy atom. The lowest BCUT2D eigenvalue weighted by Crippen LogP contribution is -2.30. The second-order valence-corrected chi connectivity index (χ2v) is 6.06. The Morgan fingerprint density at radius 3 is 2.76 bits per heavy atom. The molecular formula is C14H17BrN2O4. The predicted molar refractivity (Wildman–Crippen MR) is 82.1 cm³/mol. The maximum atomic E-state index is 12.1. The fraction of sp³-hybridized carbons (Fsp3) is 0.500. The Bertz CT molecular complexity index is 558. The number of hydrogen-bond donors (Lipinski definition) is 1. The van der Waals surface area contributed by atoms with Crippen molar-refractivity contribution in [2.45, 2.75) is 19.3 Å². The summed E-state index contributed by atoms with van der Waals surface area (Å²) in [5, 5.41) is 14.6. The lowest BCUT2D eigenvalue weighted by molar-refractivity contribution is -0.385. The highest BCUT2D eigenvalue weighted by molar-refractivity contribution is 9.09. The van der Waals surface area contributed by atoms with Gasteiger partial charge in [0.25, 0.3) is 5.91 Å². The van der Waals surface area contributed by atoms with Crippen molar-refractivity contribution in [2.24, 2.45) is 5.41 Å². The number of carbonyl (C=O) groups excluding carboxylic acids is 1. The molecule has 1 fully saturated rings. The molecule has 21 heavy (non-hydrogen) atoms. The molecule has 0 heterocycles. The zero-order chi connectivity index (χ0) is 15.5. The third-order valence-electron chi connectivity index (χ3n) is 3.84. The van der Waals surface area contributed by atoms with Crippen LogP contribution < -0.4 is 10.1 Å². The number of hydrogen-bond acceptors (Lipinski definition) is 4. The van der Waals surface area contributed by atoms with E-state index >= 15 is 0 Å². The topological polar surface area (TPSA) is 81.5 Å². The Balaban J connectivity index is 2.04. The molecule has 1 N–H and O–H groups in total. The van der Waals surface area contributed by atoms with Crippen molar-refractivity contribution in [2.75, 3.05) is 19.0 Å². The van der Waals surface area contributed by atoms with Crippen molar-refractivity contribution in [1.29, 1.82) is 0 Å². The van der Waals surface area contributed by atoms with Gasteiger partial charge in [-0.25, -0.2) is 0 Å². The van der Waals surface area contributed by atoms with Gasteiger partial charge in [-0.2, -0.15) is 0 Å². The number of rotatable bonds is 7. The number of benzene rings is 1. The highest BCUT2D eigenvalue weighted by Crippen LogP contribution is 2.48. The molecule has 0 atom stereocenters. The summed E-state index contributed by atoms with van der Waals surface area (Å²) in [6.45, 7) is 0.636. The predicted octanol–water partition coefficient (Wildman–Crippen LogP) is 2.90. The molecule has 0 unspecified atom stereocenters. The average Bonchev–Trinajstić information content (AvgIpc) is 3.24. The fourth-order valence-corrected chi connectivity index (χ4v) is 3.07. The molecule has 1 aliphatic rings. The molecule has 0 radical (unpaired) electrons. The van der Waals surface area contributed by atoms with E-state index in [2.05, 4.69) is 21.2 Å². The molecule has 7 heteroatoms. The van der Waals surface area contributed by atoms with E-state index in [1.165, 1.54) is 25.3 Å². The summed E-state index contributed by atoms with van der Waals surface area (Å²) >= 11 is 3.42. The van der Waals surface area contributed by atoms with E-state index in [1.54, 1.807) is 0 Å². The fourth-order valence-electron chi connectivity index (χ4n) is 2.23. The molecule has 1 aromatic carbocycles. The van der Waals surface area contributed by atoms with Crippen LogP contribution in [0.3, 0.4) is 0 Å². The van der Waals surface area contributed by atoms with Crippen LogP contribution >= 0.6 is 15.9 Å². The molecule has 0 aliphatic heterocycles. The first kappa shape index (κ1) is 15.8. The third-order valence-corrected chi connectivity index (χ3v) is 4.24. The molecule has 0 bridgehead atoms. The molecule has 1 aliphatic carbocycles. The summed E-state index contributed by atoms with van der Waals surface area (Å²) in [7, 11) is 1.35. The largest absolute Gasteiger partial charge is 0.490 e. The highest BCUT2D eigenvalue weighted by Gasteiger charge is 2.41. The Labute approximate surface area is 131 Å². The van der Waals surface area contributed by atoms with Gasteiger partial charge in [-0.3, -0.25) is 14.9 Å². The molecule has 6 nitrogen and oxygen atoms in total. The van der Waals surface area contributed by atoms with Gasteiger partial charge in [-0.1, -0.05) is 15.9 Å². The number of amides is 1. The van der Waals surface area contributed by atoms with Crippen molar-refractivity contribution >= 4 is 27.5 Å². The molecular weight excluding hydrogens is 340 g/mol. The second-order valence-electron chi connectivity index (χ2n) is 5.27. The number of methoxy groups -OCH3 is 1. The van der Waals surface area contributed by atoms with Crippen molar-refractivity contribution in [3.8, 4) is 5.75 Å². The number of nitrogens with one attached hydrogen (secondary N) is 1. The van der Waals surface area contributed by atoms with Gasteiger partial charge in [0, 0.05) is 29.6 Å². The molecule has 0 spiro atoms. The van der Waals surface area contributed by atoms with Crippen LogP contribution in [0, 0.1) is 15.5 Å². The smallest absolute Gasteiger partial charge is 0.310 e. The molecule has 0 aromatic heterocycles. The van der Waals surface area contributed by atoms with Gasteiger partial charge in [0.2, 0.25) is 0 Å². The van der Waals surface area contributed by atoms with Crippen LogP contribution in [0.2, 0.25) is 0 Å². The minimum atomic E-state index is -0.532. The van der Waals surface area contributed by atoms with E-state index < -0.39 is 4.92 Å². The summed E-state index contributed by atoms with van der Waals surface area (Å²) < 4.78 is 4.97. The number of carbonyl (C=O) groups is 1. The number of nitro benzene ring substituents is 1. The first-order valence-electron chi connectivity index (χ1n) is 6.68. The van der Waals surface area contributed by atoms with Gasteiger partial charge < -0.3 is 10.1 Å². The molecule has 114 valence electrons. The zero-order valence-corrected chi connectivity index (χ0v) is 13.3. The summed E-state index contributed by atoms with van der Waals surface area (Å²) in [5.74, 6) is -0.140. The minimum Gasteiger partial charge on any atom is -0.490 e. The van der Waals surface area contributed by atoms with Crippen LogP contribution in [0.25, 0.3) is 0 Å². The van der Waals surface area contributed by atoms with Gasteiger partial charge in [0.1, 0.15) is 0 Å².